The minimum Gasteiger partial charge on any atom is -0.431 e. The van der Waals surface area contributed by atoms with Gasteiger partial charge in [0.15, 0.2) is 0 Å². The molecule has 148 valence electrons. The molecule has 1 N–H and O–H groups in total. The first kappa shape index (κ1) is 18.0. The average molecular weight is 371 g/mol. The van der Waals surface area contributed by atoms with Crippen LogP contribution in [0.5, 0.6) is 0 Å². The van der Waals surface area contributed by atoms with Gasteiger partial charge in [0.25, 0.3) is 0 Å². The van der Waals surface area contributed by atoms with Gasteiger partial charge in [0, 0.05) is 6.07 Å². The lowest BCUT2D eigenvalue weighted by atomic mass is 9.44. The van der Waals surface area contributed by atoms with Crippen LogP contribution < -0.4 is 5.63 Å². The molecule has 1 aromatic heterocycles. The van der Waals surface area contributed by atoms with Gasteiger partial charge < -0.3 is 9.52 Å². The van der Waals surface area contributed by atoms with Gasteiger partial charge in [-0.15, -0.1) is 0 Å². The molecule has 0 saturated heterocycles. The van der Waals surface area contributed by atoms with Crippen molar-refractivity contribution in [2.45, 2.75) is 83.7 Å². The first-order valence-corrected chi connectivity index (χ1v) is 11.2. The number of aliphatic hydroxyl groups is 1. The third-order valence-electron chi connectivity index (χ3n) is 9.73. The predicted octanol–water partition coefficient (Wildman–Crippen LogP) is 5.13. The van der Waals surface area contributed by atoms with Crippen LogP contribution in [0.4, 0.5) is 0 Å². The summed E-state index contributed by atoms with van der Waals surface area (Å²) in [5.74, 6) is 2.94. The second-order valence-corrected chi connectivity index (χ2v) is 10.6. The fourth-order valence-corrected chi connectivity index (χ4v) is 8.37. The Morgan fingerprint density at radius 1 is 1.00 bits per heavy atom. The van der Waals surface area contributed by atoms with E-state index in [2.05, 4.69) is 13.8 Å². The van der Waals surface area contributed by atoms with E-state index in [4.69, 9.17) is 4.42 Å². The highest BCUT2D eigenvalue weighted by Gasteiger charge is 2.62. The summed E-state index contributed by atoms with van der Waals surface area (Å²) < 4.78 is 5.20. The summed E-state index contributed by atoms with van der Waals surface area (Å²) in [5.41, 5.74) is 1.59. The van der Waals surface area contributed by atoms with Crippen LogP contribution in [-0.4, -0.2) is 11.2 Å². The van der Waals surface area contributed by atoms with E-state index in [0.717, 1.165) is 18.8 Å². The van der Waals surface area contributed by atoms with E-state index in [1.807, 2.05) is 6.07 Å². The van der Waals surface area contributed by atoms with Crippen molar-refractivity contribution in [3.63, 3.8) is 0 Å². The summed E-state index contributed by atoms with van der Waals surface area (Å²) >= 11 is 0. The molecular weight excluding hydrogens is 336 g/mol. The van der Waals surface area contributed by atoms with E-state index in [0.29, 0.717) is 29.1 Å². The molecule has 3 heteroatoms. The summed E-state index contributed by atoms with van der Waals surface area (Å²) in [6, 6.07) is 3.55. The second-order valence-electron chi connectivity index (χ2n) is 10.6. The quantitative estimate of drug-likeness (QED) is 0.746. The number of hydrogen-bond donors (Lipinski definition) is 1. The lowest BCUT2D eigenvalue weighted by Gasteiger charge is -2.62. The number of aliphatic hydroxyl groups excluding tert-OH is 1. The SMILES string of the molecule is C[C@]12CC[C@H]3[C@@H](C(O)CC4CCCC[C@@]43C)[C@H]1CC[C@@H]2c1ccc(=O)oc1. The predicted molar refractivity (Wildman–Crippen MR) is 105 cm³/mol. The molecule has 4 fully saturated rings. The highest BCUT2D eigenvalue weighted by atomic mass is 16.4. The van der Waals surface area contributed by atoms with Gasteiger partial charge in [-0.1, -0.05) is 26.7 Å². The fraction of sp³-hybridized carbons (Fsp3) is 0.792. The van der Waals surface area contributed by atoms with Crippen molar-refractivity contribution in [3.05, 3.63) is 34.4 Å². The minimum atomic E-state index is -0.263. The molecule has 27 heavy (non-hydrogen) atoms. The van der Waals surface area contributed by atoms with Gasteiger partial charge in [0.05, 0.1) is 12.4 Å². The van der Waals surface area contributed by atoms with E-state index >= 15 is 0 Å². The van der Waals surface area contributed by atoms with Crippen LogP contribution >= 0.6 is 0 Å². The normalized spacial score (nSPS) is 49.1. The average Bonchev–Trinajstić information content (AvgIpc) is 3.00. The van der Waals surface area contributed by atoms with Gasteiger partial charge in [0.2, 0.25) is 0 Å². The third-order valence-corrected chi connectivity index (χ3v) is 9.73. The maximum Gasteiger partial charge on any atom is 0.335 e. The second kappa shape index (κ2) is 6.20. The van der Waals surface area contributed by atoms with Crippen molar-refractivity contribution in [2.24, 2.45) is 34.5 Å². The molecule has 0 aromatic carbocycles. The number of hydrogen-bond acceptors (Lipinski definition) is 3. The standard InChI is InChI=1S/C24H34O3/c1-23-11-4-3-5-16(23)13-20(25)22-18-8-7-17(15-6-9-21(26)27-14-15)24(18,2)12-10-19(22)23/h6,9,14,16-20,22,25H,3-5,7-8,10-13H2,1-2H3/t16?,17-,18-,19+,20?,22+,23+,24-/m1/s1. The van der Waals surface area contributed by atoms with Crippen LogP contribution in [0.3, 0.4) is 0 Å². The van der Waals surface area contributed by atoms with Crippen LogP contribution in [-0.2, 0) is 0 Å². The van der Waals surface area contributed by atoms with Crippen LogP contribution in [0.1, 0.15) is 83.1 Å². The van der Waals surface area contributed by atoms with Crippen molar-refractivity contribution < 1.29 is 9.52 Å². The Balaban J connectivity index is 1.48. The third kappa shape index (κ3) is 2.53. The molecule has 5 rings (SSSR count). The van der Waals surface area contributed by atoms with Crippen molar-refractivity contribution in [1.29, 1.82) is 0 Å². The summed E-state index contributed by atoms with van der Waals surface area (Å²) in [6.07, 6.45) is 12.9. The summed E-state index contributed by atoms with van der Waals surface area (Å²) in [6.45, 7) is 5.01. The molecule has 4 aliphatic rings. The van der Waals surface area contributed by atoms with Gasteiger partial charge in [-0.05, 0) is 97.0 Å². The van der Waals surface area contributed by atoms with Crippen LogP contribution in [0.2, 0.25) is 0 Å². The smallest absolute Gasteiger partial charge is 0.335 e. The number of fused-ring (bicyclic) bond motifs is 5. The van der Waals surface area contributed by atoms with E-state index < -0.39 is 0 Å². The largest absolute Gasteiger partial charge is 0.431 e. The molecular formula is C24H34O3. The van der Waals surface area contributed by atoms with Gasteiger partial charge >= 0.3 is 5.63 Å². The molecule has 0 spiro atoms. The van der Waals surface area contributed by atoms with Crippen LogP contribution in [0.15, 0.2) is 27.6 Å². The zero-order chi connectivity index (χ0) is 18.8. The fourth-order valence-electron chi connectivity index (χ4n) is 8.37. The van der Waals surface area contributed by atoms with Crippen molar-refractivity contribution in [2.75, 3.05) is 0 Å². The van der Waals surface area contributed by atoms with E-state index in [1.54, 1.807) is 12.3 Å². The molecule has 0 amide bonds. The Labute approximate surface area is 162 Å². The summed E-state index contributed by atoms with van der Waals surface area (Å²) in [5, 5.41) is 11.3. The zero-order valence-corrected chi connectivity index (χ0v) is 16.8. The molecule has 1 heterocycles. The number of rotatable bonds is 1. The van der Waals surface area contributed by atoms with Gasteiger partial charge in [-0.3, -0.25) is 0 Å². The Bertz CT molecular complexity index is 749. The minimum absolute atomic E-state index is 0.122. The maximum absolute atomic E-state index is 11.4. The molecule has 0 radical (unpaired) electrons. The first-order chi connectivity index (χ1) is 12.9. The summed E-state index contributed by atoms with van der Waals surface area (Å²) in [4.78, 5) is 11.4. The lowest BCUT2D eigenvalue weighted by molar-refractivity contribution is -0.159. The Morgan fingerprint density at radius 2 is 1.81 bits per heavy atom. The van der Waals surface area contributed by atoms with Crippen molar-refractivity contribution in [1.82, 2.24) is 0 Å². The van der Waals surface area contributed by atoms with Crippen LogP contribution in [0, 0.1) is 34.5 Å². The van der Waals surface area contributed by atoms with E-state index in [9.17, 15) is 9.90 Å². The first-order valence-electron chi connectivity index (χ1n) is 11.2. The van der Waals surface area contributed by atoms with Gasteiger partial charge in [-0.2, -0.15) is 0 Å². The Kier molecular flexibility index (Phi) is 4.13. The molecule has 4 aliphatic carbocycles. The van der Waals surface area contributed by atoms with Crippen molar-refractivity contribution in [3.8, 4) is 0 Å². The van der Waals surface area contributed by atoms with Gasteiger partial charge in [-0.25, -0.2) is 4.79 Å². The molecule has 4 saturated carbocycles. The zero-order valence-electron chi connectivity index (χ0n) is 16.8. The highest BCUT2D eigenvalue weighted by molar-refractivity contribution is 5.22. The molecule has 8 atom stereocenters. The van der Waals surface area contributed by atoms with E-state index in [1.165, 1.54) is 50.5 Å². The van der Waals surface area contributed by atoms with Crippen molar-refractivity contribution >= 4 is 0 Å². The monoisotopic (exact) mass is 370 g/mol. The van der Waals surface area contributed by atoms with E-state index in [-0.39, 0.29) is 17.1 Å². The lowest BCUT2D eigenvalue weighted by Crippen LogP contribution is -2.57. The summed E-state index contributed by atoms with van der Waals surface area (Å²) in [7, 11) is 0. The molecule has 2 unspecified atom stereocenters. The molecule has 0 aliphatic heterocycles. The maximum atomic E-state index is 11.4. The van der Waals surface area contributed by atoms with Gasteiger partial charge in [0.1, 0.15) is 0 Å². The molecule has 1 aromatic rings. The Morgan fingerprint density at radius 3 is 2.59 bits per heavy atom. The highest BCUT2D eigenvalue weighted by Crippen LogP contribution is 2.68. The molecule has 0 bridgehead atoms. The molecule has 3 nitrogen and oxygen atoms in total. The van der Waals surface area contributed by atoms with Crippen LogP contribution in [0.25, 0.3) is 0 Å². The Hall–Kier alpha value is -1.09. The topological polar surface area (TPSA) is 50.4 Å².